The summed E-state index contributed by atoms with van der Waals surface area (Å²) in [4.78, 5) is 13.0. The molecule has 0 radical (unpaired) electrons. The van der Waals surface area contributed by atoms with Crippen molar-refractivity contribution in [2.24, 2.45) is 0 Å². The van der Waals surface area contributed by atoms with E-state index in [1.54, 1.807) is 11.8 Å². The van der Waals surface area contributed by atoms with Gasteiger partial charge in [-0.05, 0) is 42.8 Å². The topological polar surface area (TPSA) is 64.6 Å². The van der Waals surface area contributed by atoms with Gasteiger partial charge in [0.15, 0.2) is 0 Å². The molecule has 1 amide bonds. The maximum Gasteiger partial charge on any atom is 0.232 e. The molecule has 2 rings (SSSR count). The number of amides is 1. The van der Waals surface area contributed by atoms with E-state index in [0.717, 1.165) is 17.9 Å². The van der Waals surface area contributed by atoms with Crippen molar-refractivity contribution in [3.05, 3.63) is 54.6 Å². The van der Waals surface area contributed by atoms with Crippen LogP contribution in [-0.2, 0) is 15.6 Å². The van der Waals surface area contributed by atoms with Crippen molar-refractivity contribution in [3.63, 3.8) is 0 Å². The van der Waals surface area contributed by atoms with Crippen LogP contribution < -0.4 is 14.8 Å². The largest absolute Gasteiger partial charge is 0.494 e. The van der Waals surface area contributed by atoms with Crippen molar-refractivity contribution >= 4 is 28.5 Å². The Morgan fingerprint density at radius 1 is 1.00 bits per heavy atom. The zero-order valence-corrected chi connectivity index (χ0v) is 17.7. The highest BCUT2D eigenvalue weighted by Gasteiger charge is 2.08. The molecule has 0 aliphatic heterocycles. The van der Waals surface area contributed by atoms with Gasteiger partial charge in [-0.25, -0.2) is 0 Å². The van der Waals surface area contributed by atoms with E-state index in [-0.39, 0.29) is 11.7 Å². The molecule has 2 aromatic rings. The molecule has 5 nitrogen and oxygen atoms in total. The molecule has 0 heterocycles. The first kappa shape index (κ1) is 22.3. The molecule has 2 aromatic carbocycles. The van der Waals surface area contributed by atoms with Crippen molar-refractivity contribution in [1.82, 2.24) is 5.32 Å². The van der Waals surface area contributed by atoms with Gasteiger partial charge in [0.05, 0.1) is 19.0 Å². The van der Waals surface area contributed by atoms with E-state index < -0.39 is 10.8 Å². The fraction of sp³-hybridized carbons (Fsp3) is 0.381. The van der Waals surface area contributed by atoms with Gasteiger partial charge in [-0.15, -0.1) is 11.8 Å². The summed E-state index contributed by atoms with van der Waals surface area (Å²) in [6, 6.07) is 17.4. The molecule has 0 bridgehead atoms. The van der Waals surface area contributed by atoms with Gasteiger partial charge in [0.2, 0.25) is 5.91 Å². The van der Waals surface area contributed by atoms with Crippen molar-refractivity contribution < 1.29 is 18.5 Å². The molecule has 0 aliphatic carbocycles. The van der Waals surface area contributed by atoms with Crippen molar-refractivity contribution in [2.75, 3.05) is 37.0 Å². The van der Waals surface area contributed by atoms with Gasteiger partial charge in [0.1, 0.15) is 17.3 Å². The van der Waals surface area contributed by atoms with Crippen LogP contribution in [0.15, 0.2) is 59.5 Å². The van der Waals surface area contributed by atoms with Crippen LogP contribution in [0.4, 0.5) is 0 Å². The Kier molecular flexibility index (Phi) is 10.5. The fourth-order valence-electron chi connectivity index (χ4n) is 2.25. The Morgan fingerprint density at radius 3 is 2.29 bits per heavy atom. The van der Waals surface area contributed by atoms with E-state index in [0.29, 0.717) is 31.3 Å². The van der Waals surface area contributed by atoms with Gasteiger partial charge < -0.3 is 14.8 Å². The van der Waals surface area contributed by atoms with Crippen LogP contribution >= 0.6 is 11.8 Å². The number of nitrogens with one attached hydrogen (secondary N) is 1. The molecule has 152 valence electrons. The Balaban J connectivity index is 1.55. The lowest BCUT2D eigenvalue weighted by atomic mass is 10.3. The van der Waals surface area contributed by atoms with Gasteiger partial charge in [-0.2, -0.15) is 0 Å². The summed E-state index contributed by atoms with van der Waals surface area (Å²) in [6.45, 7) is 3.60. The van der Waals surface area contributed by atoms with E-state index in [1.165, 1.54) is 4.90 Å². The summed E-state index contributed by atoms with van der Waals surface area (Å²) in [5, 5.41) is 2.81. The second kappa shape index (κ2) is 13.2. The number of hydrogen-bond donors (Lipinski definition) is 1. The van der Waals surface area contributed by atoms with Gasteiger partial charge >= 0.3 is 0 Å². The summed E-state index contributed by atoms with van der Waals surface area (Å²) in [6.07, 6.45) is 0.962. The van der Waals surface area contributed by atoms with Crippen molar-refractivity contribution in [3.8, 4) is 11.5 Å². The molecule has 1 unspecified atom stereocenters. The predicted octanol–water partition coefficient (Wildman–Crippen LogP) is 3.51. The average molecular weight is 422 g/mol. The van der Waals surface area contributed by atoms with E-state index >= 15 is 0 Å². The number of carbonyl (C=O) groups is 1. The second-order valence-electron chi connectivity index (χ2n) is 5.97. The molecule has 28 heavy (non-hydrogen) atoms. The zero-order chi connectivity index (χ0) is 20.0. The molecule has 0 aromatic heterocycles. The lowest BCUT2D eigenvalue weighted by Crippen LogP contribution is -2.31. The first-order chi connectivity index (χ1) is 13.7. The molecular weight excluding hydrogens is 394 g/mol. The third-order valence-electron chi connectivity index (χ3n) is 3.60. The van der Waals surface area contributed by atoms with Crippen molar-refractivity contribution in [2.45, 2.75) is 18.2 Å². The van der Waals surface area contributed by atoms with E-state index in [4.69, 9.17) is 9.47 Å². The summed E-state index contributed by atoms with van der Waals surface area (Å²) in [7, 11) is -1.24. The lowest BCUT2D eigenvalue weighted by molar-refractivity contribution is -0.118. The molecule has 0 aliphatic rings. The number of ether oxygens (including phenoxy) is 2. The highest BCUT2D eigenvalue weighted by atomic mass is 32.2. The molecule has 0 saturated carbocycles. The van der Waals surface area contributed by atoms with Gasteiger partial charge in [0.25, 0.3) is 0 Å². The molecule has 0 saturated heterocycles. The van der Waals surface area contributed by atoms with Crippen molar-refractivity contribution in [1.29, 1.82) is 0 Å². The van der Waals surface area contributed by atoms with Crippen LogP contribution in [0.25, 0.3) is 0 Å². The number of thioether (sulfide) groups is 1. The summed E-state index contributed by atoms with van der Waals surface area (Å²) < 4.78 is 23.1. The quantitative estimate of drug-likeness (QED) is 0.396. The molecular formula is C21H27NO4S2. The van der Waals surface area contributed by atoms with Crippen LogP contribution in [0, 0.1) is 0 Å². The minimum absolute atomic E-state index is 0.00313. The van der Waals surface area contributed by atoms with Gasteiger partial charge in [0, 0.05) is 28.0 Å². The number of hydrogen-bond acceptors (Lipinski definition) is 5. The highest BCUT2D eigenvalue weighted by molar-refractivity contribution is 7.99. The SMILES string of the molecule is CCCOc1ccc(OCCS(=O)CC(=O)NCCSc2ccccc2)cc1. The minimum atomic E-state index is -1.24. The van der Waals surface area contributed by atoms with Crippen LogP contribution in [-0.4, -0.2) is 47.1 Å². The van der Waals surface area contributed by atoms with E-state index in [1.807, 2.05) is 54.6 Å². The third kappa shape index (κ3) is 9.28. The van der Waals surface area contributed by atoms with E-state index in [9.17, 15) is 9.00 Å². The molecule has 1 N–H and O–H groups in total. The smallest absolute Gasteiger partial charge is 0.232 e. The van der Waals surface area contributed by atoms with Crippen LogP contribution in [0.1, 0.15) is 13.3 Å². The minimum Gasteiger partial charge on any atom is -0.494 e. The van der Waals surface area contributed by atoms with E-state index in [2.05, 4.69) is 12.2 Å². The fourth-order valence-corrected chi connectivity index (χ4v) is 3.85. The molecule has 0 fully saturated rings. The zero-order valence-electron chi connectivity index (χ0n) is 16.1. The van der Waals surface area contributed by atoms with Gasteiger partial charge in [-0.3, -0.25) is 9.00 Å². The first-order valence-corrected chi connectivity index (χ1v) is 11.8. The summed E-state index contributed by atoms with van der Waals surface area (Å²) in [5.74, 6) is 2.42. The monoisotopic (exact) mass is 421 g/mol. The predicted molar refractivity (Wildman–Crippen MR) is 116 cm³/mol. The Morgan fingerprint density at radius 2 is 1.64 bits per heavy atom. The third-order valence-corrected chi connectivity index (χ3v) is 5.82. The average Bonchev–Trinajstić information content (AvgIpc) is 2.71. The maximum atomic E-state index is 12.0. The normalized spacial score (nSPS) is 11.6. The van der Waals surface area contributed by atoms with Crippen LogP contribution in [0.2, 0.25) is 0 Å². The Bertz CT molecular complexity index is 723. The highest BCUT2D eigenvalue weighted by Crippen LogP contribution is 2.18. The lowest BCUT2D eigenvalue weighted by Gasteiger charge is -2.08. The number of rotatable bonds is 13. The summed E-state index contributed by atoms with van der Waals surface area (Å²) >= 11 is 1.68. The second-order valence-corrected chi connectivity index (χ2v) is 8.71. The standard InChI is InChI=1S/C21H27NO4S2/c1-2-13-25-18-8-10-19(11-9-18)26-14-16-28(24)17-21(23)22-12-15-27-20-6-4-3-5-7-20/h3-11H,2,12-17H2,1H3,(H,22,23). The van der Waals surface area contributed by atoms with Gasteiger partial charge in [-0.1, -0.05) is 25.1 Å². The number of carbonyl (C=O) groups excluding carboxylic acids is 1. The molecule has 7 heteroatoms. The number of benzene rings is 2. The van der Waals surface area contributed by atoms with Crippen LogP contribution in [0.3, 0.4) is 0 Å². The molecule has 1 atom stereocenters. The Hall–Kier alpha value is -1.99. The Labute approximate surface area is 173 Å². The summed E-state index contributed by atoms with van der Waals surface area (Å²) in [5.41, 5.74) is 0. The first-order valence-electron chi connectivity index (χ1n) is 9.32. The van der Waals surface area contributed by atoms with Crippen LogP contribution in [0.5, 0.6) is 11.5 Å². The maximum absolute atomic E-state index is 12.0. The molecule has 0 spiro atoms.